The lowest BCUT2D eigenvalue weighted by atomic mass is 10.0. The van der Waals surface area contributed by atoms with Crippen LogP contribution in [0, 0.1) is 16.0 Å². The first kappa shape index (κ1) is 18.5. The molecule has 1 aliphatic carbocycles. The lowest BCUT2D eigenvalue weighted by molar-refractivity contribution is -0.384. The molecule has 0 heterocycles. The molecule has 0 radical (unpaired) electrons. The Hall–Kier alpha value is -1.81. The molecule has 7 nitrogen and oxygen atoms in total. The Kier molecular flexibility index (Phi) is 5.70. The van der Waals surface area contributed by atoms with Crippen LogP contribution in [0.3, 0.4) is 0 Å². The van der Waals surface area contributed by atoms with E-state index in [2.05, 4.69) is 5.32 Å². The van der Waals surface area contributed by atoms with Crippen LogP contribution in [-0.4, -0.2) is 36.9 Å². The van der Waals surface area contributed by atoms with E-state index < -0.39 is 37.2 Å². The molecule has 0 aliphatic heterocycles. The number of nitro groups is 1. The minimum atomic E-state index is -4.91. The third-order valence-electron chi connectivity index (χ3n) is 4.17. The van der Waals surface area contributed by atoms with Crippen LogP contribution in [0.2, 0.25) is 0 Å². The molecule has 1 saturated carbocycles. The zero-order valence-corrected chi connectivity index (χ0v) is 13.5. The maximum Gasteiger partial charge on any atom is 0.341 e. The summed E-state index contributed by atoms with van der Waals surface area (Å²) in [6.45, 7) is 0.0620. The number of halogens is 2. The number of hydrogen-bond donors (Lipinski definition) is 2. The molecule has 1 aromatic rings. The highest BCUT2D eigenvalue weighted by Gasteiger charge is 2.30. The minimum absolute atomic E-state index is 0.0229. The van der Waals surface area contributed by atoms with E-state index in [0.717, 1.165) is 37.8 Å². The summed E-state index contributed by atoms with van der Waals surface area (Å²) in [4.78, 5) is 9.43. The van der Waals surface area contributed by atoms with Gasteiger partial charge in [0.05, 0.1) is 15.9 Å². The first-order valence-corrected chi connectivity index (χ1v) is 9.00. The third kappa shape index (κ3) is 3.99. The van der Waals surface area contributed by atoms with Crippen molar-refractivity contribution in [1.29, 1.82) is 0 Å². The predicted molar refractivity (Wildman–Crippen MR) is 82.7 cm³/mol. The molecule has 0 aromatic heterocycles. The zero-order chi connectivity index (χ0) is 17.9. The van der Waals surface area contributed by atoms with Gasteiger partial charge in [-0.25, -0.2) is 8.42 Å². The number of nitrogens with zero attached hydrogens (tertiary/aromatic N) is 1. The molecule has 0 amide bonds. The van der Waals surface area contributed by atoms with E-state index >= 15 is 0 Å². The first-order chi connectivity index (χ1) is 11.2. The Labute approximate surface area is 137 Å². The summed E-state index contributed by atoms with van der Waals surface area (Å²) in [6, 6.07) is 2.55. The second-order valence-corrected chi connectivity index (χ2v) is 7.65. The smallest absolute Gasteiger partial charge is 0.341 e. The van der Waals surface area contributed by atoms with Crippen LogP contribution in [0.25, 0.3) is 0 Å². The van der Waals surface area contributed by atoms with E-state index in [1.165, 1.54) is 0 Å². The molecule has 1 unspecified atom stereocenters. The maximum absolute atomic E-state index is 12.6. The van der Waals surface area contributed by atoms with Crippen molar-refractivity contribution in [3.05, 3.63) is 28.3 Å². The predicted octanol–water partition coefficient (Wildman–Crippen LogP) is 2.55. The summed E-state index contributed by atoms with van der Waals surface area (Å²) in [5.74, 6) is -3.53. The normalized spacial score (nSPS) is 17.2. The largest absolute Gasteiger partial charge is 0.391 e. The van der Waals surface area contributed by atoms with Crippen molar-refractivity contribution in [2.45, 2.75) is 42.4 Å². The molecular weight excluding hydrogens is 346 g/mol. The maximum atomic E-state index is 12.6. The topological polar surface area (TPSA) is 110 Å². The van der Waals surface area contributed by atoms with Crippen LogP contribution < -0.4 is 5.32 Å². The Morgan fingerprint density at radius 2 is 1.96 bits per heavy atom. The number of rotatable bonds is 7. The first-order valence-electron chi connectivity index (χ1n) is 7.46. The van der Waals surface area contributed by atoms with E-state index in [1.54, 1.807) is 0 Å². The van der Waals surface area contributed by atoms with Crippen molar-refractivity contribution in [3.8, 4) is 0 Å². The van der Waals surface area contributed by atoms with Crippen molar-refractivity contribution in [3.63, 3.8) is 0 Å². The number of hydrogen-bond acceptors (Lipinski definition) is 6. The Balaban J connectivity index is 2.19. The molecule has 2 rings (SSSR count). The number of alkyl halides is 2. The second kappa shape index (κ2) is 7.39. The van der Waals surface area contributed by atoms with Gasteiger partial charge in [0.15, 0.2) is 0 Å². The van der Waals surface area contributed by atoms with Crippen LogP contribution in [0.4, 0.5) is 20.2 Å². The minimum Gasteiger partial charge on any atom is -0.391 e. The molecule has 1 aliphatic rings. The lowest BCUT2D eigenvalue weighted by Gasteiger charge is -2.18. The van der Waals surface area contributed by atoms with E-state index in [0.29, 0.717) is 6.07 Å². The average molecular weight is 364 g/mol. The summed E-state index contributed by atoms with van der Waals surface area (Å²) in [5, 5.41) is 23.9. The van der Waals surface area contributed by atoms with Gasteiger partial charge >= 0.3 is 5.76 Å². The quantitative estimate of drug-likeness (QED) is 0.568. The van der Waals surface area contributed by atoms with Crippen LogP contribution in [0.15, 0.2) is 23.1 Å². The molecule has 0 saturated heterocycles. The highest BCUT2D eigenvalue weighted by molar-refractivity contribution is 7.91. The molecule has 0 bridgehead atoms. The van der Waals surface area contributed by atoms with E-state index in [-0.39, 0.29) is 18.2 Å². The molecule has 1 aromatic carbocycles. The lowest BCUT2D eigenvalue weighted by Crippen LogP contribution is -2.27. The van der Waals surface area contributed by atoms with Gasteiger partial charge in [0.2, 0.25) is 9.84 Å². The number of sulfone groups is 1. The fourth-order valence-corrected chi connectivity index (χ4v) is 3.55. The molecule has 2 N–H and O–H groups in total. The zero-order valence-electron chi connectivity index (χ0n) is 12.7. The standard InChI is InChI=1S/C14H18F2N2O5S/c15-14(16)24(22,23)10-5-6-11(12(7-10)18(20)21)17-8-13(19)9-3-1-2-4-9/h5-7,9,13-14,17,19H,1-4,8H2. The van der Waals surface area contributed by atoms with Gasteiger partial charge < -0.3 is 10.4 Å². The number of aliphatic hydroxyl groups is 1. The van der Waals surface area contributed by atoms with Crippen molar-refractivity contribution in [2.24, 2.45) is 5.92 Å². The highest BCUT2D eigenvalue weighted by atomic mass is 32.2. The Morgan fingerprint density at radius 3 is 2.50 bits per heavy atom. The average Bonchev–Trinajstić information content (AvgIpc) is 3.06. The molecule has 134 valence electrons. The molecule has 24 heavy (non-hydrogen) atoms. The van der Waals surface area contributed by atoms with Gasteiger partial charge in [-0.2, -0.15) is 8.78 Å². The van der Waals surface area contributed by atoms with Gasteiger partial charge in [-0.15, -0.1) is 0 Å². The second-order valence-electron chi connectivity index (χ2n) is 5.73. The van der Waals surface area contributed by atoms with Gasteiger partial charge in [-0.05, 0) is 30.9 Å². The summed E-state index contributed by atoms with van der Waals surface area (Å²) in [7, 11) is -4.91. The molecular formula is C14H18F2N2O5S. The summed E-state index contributed by atoms with van der Waals surface area (Å²) in [5.41, 5.74) is -0.652. The van der Waals surface area contributed by atoms with Crippen LogP contribution in [-0.2, 0) is 9.84 Å². The number of aliphatic hydroxyl groups excluding tert-OH is 1. The van der Waals surface area contributed by atoms with Gasteiger partial charge in [0.25, 0.3) is 5.69 Å². The van der Waals surface area contributed by atoms with Crippen LogP contribution in [0.5, 0.6) is 0 Å². The van der Waals surface area contributed by atoms with Crippen molar-refractivity contribution in [1.82, 2.24) is 0 Å². The summed E-state index contributed by atoms with van der Waals surface area (Å²) >= 11 is 0. The number of nitrogens with one attached hydrogen (secondary N) is 1. The molecule has 1 fully saturated rings. The van der Waals surface area contributed by atoms with Crippen LogP contribution in [0.1, 0.15) is 25.7 Å². The van der Waals surface area contributed by atoms with Crippen molar-refractivity contribution < 1.29 is 27.2 Å². The van der Waals surface area contributed by atoms with Crippen molar-refractivity contribution >= 4 is 21.2 Å². The number of nitro benzene ring substituents is 1. The Morgan fingerprint density at radius 1 is 1.33 bits per heavy atom. The highest BCUT2D eigenvalue weighted by Crippen LogP contribution is 2.31. The monoisotopic (exact) mass is 364 g/mol. The fourth-order valence-electron chi connectivity index (χ4n) is 2.82. The fraction of sp³-hybridized carbons (Fsp3) is 0.571. The summed E-state index contributed by atoms with van der Waals surface area (Å²) < 4.78 is 48.0. The van der Waals surface area contributed by atoms with Gasteiger partial charge in [0, 0.05) is 12.6 Å². The van der Waals surface area contributed by atoms with Crippen LogP contribution >= 0.6 is 0 Å². The number of benzene rings is 1. The third-order valence-corrected chi connectivity index (χ3v) is 5.55. The number of anilines is 1. The summed E-state index contributed by atoms with van der Waals surface area (Å²) in [6.07, 6.45) is 3.15. The molecule has 0 spiro atoms. The van der Waals surface area contributed by atoms with E-state index in [9.17, 15) is 32.4 Å². The molecule has 10 heteroatoms. The SMILES string of the molecule is O=[N+]([O-])c1cc(S(=O)(=O)C(F)F)ccc1NCC(O)C1CCCC1. The van der Waals surface area contributed by atoms with Gasteiger partial charge in [-0.1, -0.05) is 12.8 Å². The van der Waals surface area contributed by atoms with Crippen molar-refractivity contribution in [2.75, 3.05) is 11.9 Å². The Bertz CT molecular complexity index is 705. The molecule has 1 atom stereocenters. The van der Waals surface area contributed by atoms with Gasteiger partial charge in [-0.3, -0.25) is 10.1 Å². The van der Waals surface area contributed by atoms with E-state index in [1.807, 2.05) is 0 Å². The van der Waals surface area contributed by atoms with E-state index in [4.69, 9.17) is 0 Å². The van der Waals surface area contributed by atoms with Gasteiger partial charge in [0.1, 0.15) is 5.69 Å².